The molecule has 1 atom stereocenters. The van der Waals surface area contributed by atoms with Crippen LogP contribution >= 0.6 is 23.1 Å². The van der Waals surface area contributed by atoms with E-state index < -0.39 is 0 Å². The van der Waals surface area contributed by atoms with E-state index in [1.54, 1.807) is 23.1 Å². The van der Waals surface area contributed by atoms with Crippen molar-refractivity contribution in [3.8, 4) is 11.5 Å². The van der Waals surface area contributed by atoms with Gasteiger partial charge in [-0.1, -0.05) is 31.7 Å². The summed E-state index contributed by atoms with van der Waals surface area (Å²) in [5.41, 5.74) is 2.00. The zero-order chi connectivity index (χ0) is 20.1. The van der Waals surface area contributed by atoms with Gasteiger partial charge in [0.25, 0.3) is 0 Å². The molecule has 4 rings (SSSR count). The zero-order valence-corrected chi connectivity index (χ0v) is 17.7. The second-order valence-corrected chi connectivity index (χ2v) is 8.64. The number of rotatable bonds is 7. The van der Waals surface area contributed by atoms with Crippen LogP contribution in [0.5, 0.6) is 11.5 Å². The Morgan fingerprint density at radius 2 is 1.87 bits per heavy atom. The first-order chi connectivity index (χ1) is 14.2. The van der Waals surface area contributed by atoms with Crippen molar-refractivity contribution in [3.05, 3.63) is 83.8 Å². The lowest BCUT2D eigenvalue weighted by Gasteiger charge is -2.14. The Morgan fingerprint density at radius 3 is 2.57 bits per heavy atom. The van der Waals surface area contributed by atoms with Gasteiger partial charge in [0.05, 0.1) is 11.4 Å². The maximum absolute atomic E-state index is 6.14. The van der Waals surface area contributed by atoms with Crippen LogP contribution in [0, 0.1) is 6.92 Å². The van der Waals surface area contributed by atoms with Crippen LogP contribution < -0.4 is 10.1 Å². The van der Waals surface area contributed by atoms with Crippen LogP contribution in [0.15, 0.2) is 77.3 Å². The molecule has 0 amide bonds. The first-order valence-electron chi connectivity index (χ1n) is 9.17. The first kappa shape index (κ1) is 21.8. The molecule has 154 valence electrons. The molecule has 0 radical (unpaired) electrons. The number of para-hydroxylation sites is 1. The van der Waals surface area contributed by atoms with Crippen molar-refractivity contribution in [2.24, 2.45) is 0 Å². The fraction of sp³-hybridized carbons (Fsp3) is 0.174. The molecule has 7 heteroatoms. The van der Waals surface area contributed by atoms with Crippen LogP contribution in [0.3, 0.4) is 0 Å². The van der Waals surface area contributed by atoms with Crippen molar-refractivity contribution in [2.75, 3.05) is 5.32 Å². The van der Waals surface area contributed by atoms with Crippen LogP contribution in [-0.4, -0.2) is 15.0 Å². The zero-order valence-electron chi connectivity index (χ0n) is 16.1. The minimum absolute atomic E-state index is 0. The Labute approximate surface area is 185 Å². The predicted octanol–water partition coefficient (Wildman–Crippen LogP) is 7.27. The Bertz CT molecular complexity index is 1070. The lowest BCUT2D eigenvalue weighted by molar-refractivity contribution is 0.481. The van der Waals surface area contributed by atoms with Crippen molar-refractivity contribution in [3.63, 3.8) is 0 Å². The number of aryl methyl sites for hydroxylation is 1. The summed E-state index contributed by atoms with van der Waals surface area (Å²) in [6.45, 7) is 4.10. The van der Waals surface area contributed by atoms with Gasteiger partial charge in [-0.3, -0.25) is 4.98 Å². The molecular weight excluding hydrogens is 412 g/mol. The molecule has 5 nitrogen and oxygen atoms in total. The van der Waals surface area contributed by atoms with Gasteiger partial charge in [0.15, 0.2) is 16.7 Å². The van der Waals surface area contributed by atoms with Gasteiger partial charge < -0.3 is 10.1 Å². The summed E-state index contributed by atoms with van der Waals surface area (Å²) in [7, 11) is 0. The molecule has 0 aliphatic carbocycles. The lowest BCUT2D eigenvalue weighted by atomic mass is 10.3. The molecule has 0 saturated heterocycles. The maximum atomic E-state index is 6.14. The third-order valence-electron chi connectivity index (χ3n) is 4.06. The van der Waals surface area contributed by atoms with Crippen molar-refractivity contribution in [1.82, 2.24) is 15.0 Å². The van der Waals surface area contributed by atoms with Gasteiger partial charge >= 0.3 is 0 Å². The standard InChI is InChI=1S/C22H20N4OS2.CH4/c1-15-14-28-22(25-15)26-21-20(27-17-8-4-3-5-9-17)12-18(13-24-21)29-16(2)19-10-6-7-11-23-19;/h3-14,16H,1-2H3,(H,24,25,26);1H4. The summed E-state index contributed by atoms with van der Waals surface area (Å²) in [6, 6.07) is 17.7. The monoisotopic (exact) mass is 436 g/mol. The summed E-state index contributed by atoms with van der Waals surface area (Å²) in [6.07, 6.45) is 3.67. The molecule has 30 heavy (non-hydrogen) atoms. The number of anilines is 2. The molecule has 4 aromatic rings. The van der Waals surface area contributed by atoms with Crippen LogP contribution in [-0.2, 0) is 0 Å². The van der Waals surface area contributed by atoms with E-state index >= 15 is 0 Å². The van der Waals surface area contributed by atoms with Crippen molar-refractivity contribution in [2.45, 2.75) is 31.4 Å². The predicted molar refractivity (Wildman–Crippen MR) is 126 cm³/mol. The molecule has 0 bridgehead atoms. The molecule has 3 heterocycles. The van der Waals surface area contributed by atoms with Gasteiger partial charge in [-0.15, -0.1) is 23.1 Å². The number of thioether (sulfide) groups is 1. The Hall–Kier alpha value is -2.90. The van der Waals surface area contributed by atoms with Crippen molar-refractivity contribution in [1.29, 1.82) is 0 Å². The largest absolute Gasteiger partial charge is 0.453 e. The number of hydrogen-bond donors (Lipinski definition) is 1. The summed E-state index contributed by atoms with van der Waals surface area (Å²) >= 11 is 3.23. The molecule has 0 aliphatic heterocycles. The third kappa shape index (κ3) is 5.58. The third-order valence-corrected chi connectivity index (χ3v) is 6.03. The number of aromatic nitrogens is 3. The van der Waals surface area contributed by atoms with E-state index in [9.17, 15) is 0 Å². The van der Waals surface area contributed by atoms with E-state index in [0.29, 0.717) is 11.6 Å². The van der Waals surface area contributed by atoms with E-state index in [1.807, 2.05) is 79.3 Å². The second kappa shape index (κ2) is 10.2. The van der Waals surface area contributed by atoms with Crippen LogP contribution in [0.2, 0.25) is 0 Å². The molecule has 0 spiro atoms. The quantitative estimate of drug-likeness (QED) is 0.307. The van der Waals surface area contributed by atoms with E-state index in [-0.39, 0.29) is 12.7 Å². The highest BCUT2D eigenvalue weighted by molar-refractivity contribution is 7.99. The summed E-state index contributed by atoms with van der Waals surface area (Å²) in [5, 5.41) is 6.26. The van der Waals surface area contributed by atoms with E-state index in [1.165, 1.54) is 0 Å². The SMILES string of the molecule is C.Cc1csc(Nc2ncc(SC(C)c3ccccn3)cc2Oc2ccccc2)n1. The molecule has 1 aromatic carbocycles. The smallest absolute Gasteiger partial charge is 0.188 e. The van der Waals surface area contributed by atoms with Crippen LogP contribution in [0.25, 0.3) is 0 Å². The number of thiazole rings is 1. The average Bonchev–Trinajstić information content (AvgIpc) is 3.16. The molecular formula is C23H24N4OS2. The van der Waals surface area contributed by atoms with E-state index in [0.717, 1.165) is 27.2 Å². The molecule has 1 unspecified atom stereocenters. The molecule has 0 saturated carbocycles. The Kier molecular flexibility index (Phi) is 7.43. The number of benzene rings is 1. The summed E-state index contributed by atoms with van der Waals surface area (Å²) < 4.78 is 6.14. The lowest BCUT2D eigenvalue weighted by Crippen LogP contribution is -1.98. The summed E-state index contributed by atoms with van der Waals surface area (Å²) in [5.74, 6) is 2.05. The number of pyridine rings is 2. The number of nitrogens with one attached hydrogen (secondary N) is 1. The van der Waals surface area contributed by atoms with Crippen molar-refractivity contribution < 1.29 is 4.74 Å². The fourth-order valence-electron chi connectivity index (χ4n) is 2.67. The Balaban J connectivity index is 0.00000256. The first-order valence-corrected chi connectivity index (χ1v) is 10.9. The van der Waals surface area contributed by atoms with Gasteiger partial charge in [0.2, 0.25) is 0 Å². The number of ether oxygens (including phenoxy) is 1. The van der Waals surface area contributed by atoms with E-state index in [4.69, 9.17) is 4.74 Å². The molecule has 0 aliphatic rings. The molecule has 3 aromatic heterocycles. The highest BCUT2D eigenvalue weighted by Crippen LogP contribution is 2.38. The summed E-state index contributed by atoms with van der Waals surface area (Å²) in [4.78, 5) is 14.5. The van der Waals surface area contributed by atoms with E-state index in [2.05, 4.69) is 27.2 Å². The average molecular weight is 437 g/mol. The van der Waals surface area contributed by atoms with Gasteiger partial charge in [-0.2, -0.15) is 0 Å². The van der Waals surface area contributed by atoms with Gasteiger partial charge in [-0.05, 0) is 44.2 Å². The normalized spacial score (nSPS) is 11.4. The Morgan fingerprint density at radius 1 is 1.07 bits per heavy atom. The van der Waals surface area contributed by atoms with Gasteiger partial charge in [-0.25, -0.2) is 9.97 Å². The number of hydrogen-bond acceptors (Lipinski definition) is 7. The highest BCUT2D eigenvalue weighted by Gasteiger charge is 2.14. The van der Waals surface area contributed by atoms with Crippen LogP contribution in [0.1, 0.15) is 31.0 Å². The number of nitrogens with zero attached hydrogens (tertiary/aromatic N) is 3. The minimum atomic E-state index is 0. The minimum Gasteiger partial charge on any atom is -0.453 e. The molecule has 0 fully saturated rings. The maximum Gasteiger partial charge on any atom is 0.188 e. The van der Waals surface area contributed by atoms with Crippen molar-refractivity contribution >= 4 is 34.0 Å². The topological polar surface area (TPSA) is 59.9 Å². The highest BCUT2D eigenvalue weighted by atomic mass is 32.2. The molecule has 1 N–H and O–H groups in total. The second-order valence-electron chi connectivity index (χ2n) is 6.37. The van der Waals surface area contributed by atoms with Gasteiger partial charge in [0, 0.05) is 27.9 Å². The van der Waals surface area contributed by atoms with Crippen LogP contribution in [0.4, 0.5) is 10.9 Å². The fourth-order valence-corrected chi connectivity index (χ4v) is 4.32. The van der Waals surface area contributed by atoms with Gasteiger partial charge in [0.1, 0.15) is 5.75 Å².